The zero-order valence-corrected chi connectivity index (χ0v) is 15.0. The fourth-order valence-electron chi connectivity index (χ4n) is 2.38. The Morgan fingerprint density at radius 2 is 2.00 bits per heavy atom. The first-order chi connectivity index (χ1) is 12.4. The Morgan fingerprint density at radius 1 is 1.27 bits per heavy atom. The van der Waals surface area contributed by atoms with Gasteiger partial charge in [-0.1, -0.05) is 16.8 Å². The molecular weight excluding hydrogens is 389 g/mol. The molecule has 10 heteroatoms. The van der Waals surface area contributed by atoms with Gasteiger partial charge in [-0.3, -0.25) is 4.72 Å². The first-order valence-corrected chi connectivity index (χ1v) is 8.72. The molecule has 0 aliphatic carbocycles. The fraction of sp³-hybridized carbons (Fsp3) is 0.250. The predicted octanol–water partition coefficient (Wildman–Crippen LogP) is 5.08. The third kappa shape index (κ3) is 4.40. The van der Waals surface area contributed by atoms with Gasteiger partial charge in [0.1, 0.15) is 11.0 Å². The van der Waals surface area contributed by atoms with Crippen molar-refractivity contribution in [2.45, 2.75) is 23.6 Å². The Morgan fingerprint density at radius 3 is 2.58 bits per heavy atom. The summed E-state index contributed by atoms with van der Waals surface area (Å²) in [7, 11) is 1.78. The summed E-state index contributed by atoms with van der Waals surface area (Å²) in [5.41, 5.74) is 0.478. The van der Waals surface area contributed by atoms with Crippen LogP contribution in [0.3, 0.4) is 0 Å². The molecule has 2 aromatic rings. The van der Waals surface area contributed by atoms with Gasteiger partial charge in [0, 0.05) is 28.8 Å². The lowest BCUT2D eigenvalue weighted by atomic mass is 10.1. The first kappa shape index (κ1) is 18.8. The van der Waals surface area contributed by atoms with E-state index < -0.39 is 17.8 Å². The zero-order chi connectivity index (χ0) is 18.7. The fourth-order valence-corrected chi connectivity index (χ4v) is 3.09. The summed E-state index contributed by atoms with van der Waals surface area (Å²) in [5, 5.41) is 7.11. The van der Waals surface area contributed by atoms with Gasteiger partial charge in [-0.05, 0) is 49.3 Å². The van der Waals surface area contributed by atoms with Gasteiger partial charge in [0.25, 0.3) is 0 Å². The summed E-state index contributed by atoms with van der Waals surface area (Å²) in [6.07, 6.45) is -2.74. The monoisotopic (exact) mass is 402 g/mol. The summed E-state index contributed by atoms with van der Waals surface area (Å²) >= 11 is 7.27. The molecule has 0 spiro atoms. The van der Waals surface area contributed by atoms with Gasteiger partial charge in [0.15, 0.2) is 6.10 Å². The molecule has 1 unspecified atom stereocenters. The molecular formula is C16H14ClF3N4OS. The minimum atomic E-state index is -4.38. The number of oxime groups is 1. The van der Waals surface area contributed by atoms with E-state index >= 15 is 0 Å². The molecule has 2 heterocycles. The van der Waals surface area contributed by atoms with Crippen molar-refractivity contribution in [1.82, 2.24) is 9.71 Å². The minimum absolute atomic E-state index is 0.349. The van der Waals surface area contributed by atoms with Crippen molar-refractivity contribution >= 4 is 40.2 Å². The molecule has 2 N–H and O–H groups in total. The molecule has 26 heavy (non-hydrogen) atoms. The highest BCUT2D eigenvalue weighted by atomic mass is 35.5. The first-order valence-electron chi connectivity index (χ1n) is 7.53. The number of pyridine rings is 1. The Balaban J connectivity index is 1.86. The standard InChI is InChI=1S/C16H14ClF3N4OS/c1-21-26-11-6-12(13-7-14(17)24-25-13)15(22-8-11)23-10-4-2-9(3-5-10)16(18,19)20/h2-6,8,13,21H,7H2,1H3,(H,22,23). The van der Waals surface area contributed by atoms with Crippen molar-refractivity contribution < 1.29 is 18.0 Å². The Bertz CT molecular complexity index is 814. The van der Waals surface area contributed by atoms with Gasteiger partial charge in [0.2, 0.25) is 0 Å². The molecule has 138 valence electrons. The van der Waals surface area contributed by atoms with E-state index in [4.69, 9.17) is 16.4 Å². The van der Waals surface area contributed by atoms with Gasteiger partial charge in [-0.2, -0.15) is 13.2 Å². The smallest absolute Gasteiger partial charge is 0.386 e. The van der Waals surface area contributed by atoms with Crippen molar-refractivity contribution in [2.24, 2.45) is 5.16 Å². The number of nitrogens with zero attached hydrogens (tertiary/aromatic N) is 2. The van der Waals surface area contributed by atoms with Crippen LogP contribution in [-0.2, 0) is 11.0 Å². The number of nitrogens with one attached hydrogen (secondary N) is 2. The second-order valence-electron chi connectivity index (χ2n) is 5.38. The van der Waals surface area contributed by atoms with Crippen LogP contribution >= 0.6 is 23.5 Å². The third-order valence-electron chi connectivity index (χ3n) is 3.57. The summed E-state index contributed by atoms with van der Waals surface area (Å²) < 4.78 is 41.0. The van der Waals surface area contributed by atoms with Crippen molar-refractivity contribution in [2.75, 3.05) is 12.4 Å². The zero-order valence-electron chi connectivity index (χ0n) is 13.5. The summed E-state index contributed by atoms with van der Waals surface area (Å²) in [5.74, 6) is 0.469. The van der Waals surface area contributed by atoms with Crippen LogP contribution in [0, 0.1) is 0 Å². The molecule has 0 fully saturated rings. The number of alkyl halides is 3. The Kier molecular flexibility index (Phi) is 5.59. The maximum absolute atomic E-state index is 12.7. The van der Waals surface area contributed by atoms with Crippen LogP contribution in [0.4, 0.5) is 24.7 Å². The Hall–Kier alpha value is -1.97. The molecule has 5 nitrogen and oxygen atoms in total. The number of anilines is 2. The van der Waals surface area contributed by atoms with Crippen molar-refractivity contribution in [1.29, 1.82) is 0 Å². The topological polar surface area (TPSA) is 58.5 Å². The number of aromatic nitrogens is 1. The van der Waals surface area contributed by atoms with Gasteiger partial charge >= 0.3 is 6.18 Å². The van der Waals surface area contributed by atoms with E-state index in [2.05, 4.69) is 20.2 Å². The average Bonchev–Trinajstić information content (AvgIpc) is 3.02. The lowest BCUT2D eigenvalue weighted by Crippen LogP contribution is -2.07. The highest BCUT2D eigenvalue weighted by Crippen LogP contribution is 2.36. The van der Waals surface area contributed by atoms with Crippen molar-refractivity contribution in [3.63, 3.8) is 0 Å². The minimum Gasteiger partial charge on any atom is -0.386 e. The maximum atomic E-state index is 12.7. The summed E-state index contributed by atoms with van der Waals surface area (Å²) in [4.78, 5) is 10.5. The third-order valence-corrected chi connectivity index (χ3v) is 4.45. The van der Waals surface area contributed by atoms with Gasteiger partial charge in [-0.25, -0.2) is 4.98 Å². The van der Waals surface area contributed by atoms with E-state index in [0.717, 1.165) is 17.0 Å². The molecule has 0 saturated carbocycles. The van der Waals surface area contributed by atoms with Crippen LogP contribution in [-0.4, -0.2) is 17.2 Å². The largest absolute Gasteiger partial charge is 0.416 e. The van der Waals surface area contributed by atoms with Crippen LogP contribution in [0.5, 0.6) is 0 Å². The molecule has 0 radical (unpaired) electrons. The van der Waals surface area contributed by atoms with E-state index in [1.165, 1.54) is 24.1 Å². The van der Waals surface area contributed by atoms with E-state index in [1.807, 2.05) is 6.07 Å². The van der Waals surface area contributed by atoms with E-state index in [9.17, 15) is 13.2 Å². The number of hydrogen-bond acceptors (Lipinski definition) is 6. The number of halogens is 4. The number of benzene rings is 1. The number of rotatable bonds is 5. The number of hydrogen-bond donors (Lipinski definition) is 2. The SMILES string of the molecule is CNSc1cnc(Nc2ccc(C(F)(F)F)cc2)c(C2CC(Cl)=NO2)c1. The van der Waals surface area contributed by atoms with E-state index in [-0.39, 0.29) is 0 Å². The van der Waals surface area contributed by atoms with Gasteiger partial charge in [-0.15, -0.1) is 0 Å². The van der Waals surface area contributed by atoms with E-state index in [0.29, 0.717) is 28.7 Å². The molecule has 0 bridgehead atoms. The predicted molar refractivity (Wildman–Crippen MR) is 95.6 cm³/mol. The van der Waals surface area contributed by atoms with Crippen LogP contribution < -0.4 is 10.0 Å². The molecule has 1 aliphatic heterocycles. The molecule has 0 saturated heterocycles. The second kappa shape index (κ2) is 7.73. The average molecular weight is 403 g/mol. The molecule has 3 rings (SSSR count). The van der Waals surface area contributed by atoms with Gasteiger partial charge in [0.05, 0.1) is 5.56 Å². The van der Waals surface area contributed by atoms with Crippen LogP contribution in [0.15, 0.2) is 46.6 Å². The summed E-state index contributed by atoms with van der Waals surface area (Å²) in [6.45, 7) is 0. The lowest BCUT2D eigenvalue weighted by molar-refractivity contribution is -0.137. The van der Waals surface area contributed by atoms with Gasteiger partial charge < -0.3 is 10.2 Å². The van der Waals surface area contributed by atoms with Crippen LogP contribution in [0.1, 0.15) is 23.7 Å². The van der Waals surface area contributed by atoms with Crippen molar-refractivity contribution in [3.05, 3.63) is 47.7 Å². The van der Waals surface area contributed by atoms with E-state index in [1.54, 1.807) is 13.2 Å². The van der Waals surface area contributed by atoms with Crippen molar-refractivity contribution in [3.8, 4) is 0 Å². The lowest BCUT2D eigenvalue weighted by Gasteiger charge is -2.16. The highest BCUT2D eigenvalue weighted by Gasteiger charge is 2.30. The molecule has 1 aromatic carbocycles. The molecule has 0 amide bonds. The molecule has 1 aliphatic rings. The highest BCUT2D eigenvalue weighted by molar-refractivity contribution is 7.97. The molecule has 1 aromatic heterocycles. The second-order valence-corrected chi connectivity index (χ2v) is 6.90. The van der Waals surface area contributed by atoms with Crippen LogP contribution in [0.2, 0.25) is 0 Å². The normalized spacial score (nSPS) is 17.0. The summed E-state index contributed by atoms with van der Waals surface area (Å²) in [6, 6.07) is 6.60. The molecule has 1 atom stereocenters. The maximum Gasteiger partial charge on any atom is 0.416 e. The van der Waals surface area contributed by atoms with Crippen LogP contribution in [0.25, 0.3) is 0 Å². The quantitative estimate of drug-likeness (QED) is 0.683. The Labute approximate surface area is 157 Å².